The molecule has 0 bridgehead atoms. The van der Waals surface area contributed by atoms with Gasteiger partial charge in [0.25, 0.3) is 5.91 Å². The zero-order valence-electron chi connectivity index (χ0n) is 17.1. The van der Waals surface area contributed by atoms with E-state index in [-0.39, 0.29) is 18.4 Å². The summed E-state index contributed by atoms with van der Waals surface area (Å²) in [5.41, 5.74) is 3.14. The number of aryl methyl sites for hydroxylation is 1. The van der Waals surface area contributed by atoms with Gasteiger partial charge >= 0.3 is 5.97 Å². The predicted molar refractivity (Wildman–Crippen MR) is 109 cm³/mol. The molecule has 29 heavy (non-hydrogen) atoms. The van der Waals surface area contributed by atoms with Crippen LogP contribution in [0.4, 0.5) is 0 Å². The van der Waals surface area contributed by atoms with Crippen LogP contribution in [0.25, 0.3) is 0 Å². The minimum atomic E-state index is -0.864. The highest BCUT2D eigenvalue weighted by molar-refractivity contribution is 5.84. The molecule has 0 spiro atoms. The first kappa shape index (κ1) is 20.7. The molecule has 0 aliphatic heterocycles. The van der Waals surface area contributed by atoms with Crippen LogP contribution in [0.15, 0.2) is 42.5 Å². The predicted octanol–water partition coefficient (Wildman–Crippen LogP) is 3.37. The summed E-state index contributed by atoms with van der Waals surface area (Å²) in [6.07, 6.45) is 2.12. The maximum Gasteiger partial charge on any atom is 0.311 e. The smallest absolute Gasteiger partial charge is 0.311 e. The van der Waals surface area contributed by atoms with Crippen LogP contribution in [-0.2, 0) is 27.2 Å². The minimum absolute atomic E-state index is 0.0422. The van der Waals surface area contributed by atoms with Crippen molar-refractivity contribution in [2.24, 2.45) is 0 Å². The molecule has 0 saturated carbocycles. The van der Waals surface area contributed by atoms with Crippen molar-refractivity contribution in [3.63, 3.8) is 0 Å². The Labute approximate surface area is 171 Å². The zero-order valence-corrected chi connectivity index (χ0v) is 17.1. The van der Waals surface area contributed by atoms with Crippen molar-refractivity contribution >= 4 is 11.9 Å². The lowest BCUT2D eigenvalue weighted by Gasteiger charge is -2.27. The lowest BCUT2D eigenvalue weighted by atomic mass is 9.87. The molecule has 2 aromatic rings. The first-order valence-electron chi connectivity index (χ1n) is 9.80. The average Bonchev–Trinajstić information content (AvgIpc) is 2.73. The van der Waals surface area contributed by atoms with Crippen molar-refractivity contribution < 1.29 is 23.8 Å². The summed E-state index contributed by atoms with van der Waals surface area (Å²) < 4.78 is 15.8. The highest BCUT2D eigenvalue weighted by atomic mass is 16.5. The second-order valence-electron chi connectivity index (χ2n) is 7.15. The third kappa shape index (κ3) is 5.08. The largest absolute Gasteiger partial charge is 0.493 e. The van der Waals surface area contributed by atoms with Crippen LogP contribution in [-0.4, -0.2) is 32.2 Å². The number of fused-ring (bicyclic) bond motifs is 1. The van der Waals surface area contributed by atoms with E-state index in [1.54, 1.807) is 32.2 Å². The molecule has 1 aliphatic rings. The van der Waals surface area contributed by atoms with E-state index >= 15 is 0 Å². The maximum atomic E-state index is 12.6. The number of rotatable bonds is 7. The molecule has 0 saturated heterocycles. The molecule has 1 N–H and O–H groups in total. The van der Waals surface area contributed by atoms with E-state index in [0.29, 0.717) is 11.5 Å². The summed E-state index contributed by atoms with van der Waals surface area (Å²) in [6, 6.07) is 13.3. The van der Waals surface area contributed by atoms with Gasteiger partial charge in [0, 0.05) is 0 Å². The molecule has 0 radical (unpaired) electrons. The molecular weight excluding hydrogens is 370 g/mol. The van der Waals surface area contributed by atoms with Crippen LogP contribution >= 0.6 is 0 Å². The molecule has 6 heteroatoms. The monoisotopic (exact) mass is 397 g/mol. The first-order valence-corrected chi connectivity index (χ1v) is 9.80. The van der Waals surface area contributed by atoms with Gasteiger partial charge in [-0.25, -0.2) is 0 Å². The fraction of sp³-hybridized carbons (Fsp3) is 0.391. The van der Waals surface area contributed by atoms with E-state index in [0.717, 1.165) is 30.4 Å². The molecule has 2 atom stereocenters. The minimum Gasteiger partial charge on any atom is -0.493 e. The number of hydrogen-bond donors (Lipinski definition) is 1. The van der Waals surface area contributed by atoms with Crippen LogP contribution in [0.2, 0.25) is 0 Å². The number of esters is 1. The van der Waals surface area contributed by atoms with Crippen molar-refractivity contribution in [3.8, 4) is 11.5 Å². The van der Waals surface area contributed by atoms with E-state index in [1.165, 1.54) is 12.7 Å². The molecule has 1 amide bonds. The van der Waals surface area contributed by atoms with Crippen LogP contribution in [0.3, 0.4) is 0 Å². The lowest BCUT2D eigenvalue weighted by Crippen LogP contribution is -2.39. The van der Waals surface area contributed by atoms with Gasteiger partial charge < -0.3 is 19.5 Å². The Morgan fingerprint density at radius 3 is 2.62 bits per heavy atom. The van der Waals surface area contributed by atoms with E-state index in [9.17, 15) is 9.59 Å². The van der Waals surface area contributed by atoms with Crippen molar-refractivity contribution in [2.45, 2.75) is 44.8 Å². The van der Waals surface area contributed by atoms with Gasteiger partial charge in [0.1, 0.15) is 0 Å². The zero-order chi connectivity index (χ0) is 20.8. The lowest BCUT2D eigenvalue weighted by molar-refractivity contribution is -0.154. The van der Waals surface area contributed by atoms with Crippen molar-refractivity contribution in [3.05, 3.63) is 59.2 Å². The van der Waals surface area contributed by atoms with Gasteiger partial charge in [-0.3, -0.25) is 9.59 Å². The normalized spacial score (nSPS) is 16.3. The van der Waals surface area contributed by atoms with E-state index < -0.39 is 12.1 Å². The summed E-state index contributed by atoms with van der Waals surface area (Å²) >= 11 is 0. The average molecular weight is 397 g/mol. The molecule has 1 aliphatic carbocycles. The Kier molecular flexibility index (Phi) is 6.75. The number of carbonyl (C=O) groups is 2. The molecule has 6 nitrogen and oxygen atoms in total. The van der Waals surface area contributed by atoms with E-state index in [2.05, 4.69) is 11.4 Å². The summed E-state index contributed by atoms with van der Waals surface area (Å²) in [5, 5.41) is 3.02. The molecule has 0 heterocycles. The Bertz CT molecular complexity index is 879. The number of nitrogens with one attached hydrogen (secondary N) is 1. The number of benzene rings is 2. The number of carbonyl (C=O) groups excluding carboxylic acids is 2. The molecule has 3 rings (SSSR count). The molecular formula is C23H27NO5. The SMILES string of the molecule is COc1ccc(CC(=O)O[C@@H](C)C(=O)N[C@@H]2CCCc3ccccc32)cc1OC. The Morgan fingerprint density at radius 2 is 1.86 bits per heavy atom. The van der Waals surface area contributed by atoms with Gasteiger partial charge in [0.15, 0.2) is 17.6 Å². The van der Waals surface area contributed by atoms with Gasteiger partial charge in [0.05, 0.1) is 26.7 Å². The van der Waals surface area contributed by atoms with E-state index in [4.69, 9.17) is 14.2 Å². The molecule has 2 aromatic carbocycles. The van der Waals surface area contributed by atoms with Gasteiger partial charge in [-0.05, 0) is 55.0 Å². The van der Waals surface area contributed by atoms with Crippen molar-refractivity contribution in [1.29, 1.82) is 0 Å². The van der Waals surface area contributed by atoms with Crippen molar-refractivity contribution in [1.82, 2.24) is 5.32 Å². The topological polar surface area (TPSA) is 73.9 Å². The summed E-state index contributed by atoms with van der Waals surface area (Å²) in [6.45, 7) is 1.59. The second kappa shape index (κ2) is 9.45. The Hall–Kier alpha value is -3.02. The highest BCUT2D eigenvalue weighted by Crippen LogP contribution is 2.30. The van der Waals surface area contributed by atoms with Gasteiger partial charge in [-0.1, -0.05) is 30.3 Å². The number of methoxy groups -OCH3 is 2. The third-order valence-electron chi connectivity index (χ3n) is 5.16. The summed E-state index contributed by atoms with van der Waals surface area (Å²) in [5.74, 6) is 0.376. The second-order valence-corrected chi connectivity index (χ2v) is 7.15. The Balaban J connectivity index is 1.57. The molecule has 0 fully saturated rings. The number of ether oxygens (including phenoxy) is 3. The van der Waals surface area contributed by atoms with Crippen molar-refractivity contribution in [2.75, 3.05) is 14.2 Å². The standard InChI is InChI=1S/C23H27NO5/c1-15(23(26)24-19-10-6-8-17-7-4-5-9-18(17)19)29-22(25)14-16-11-12-20(27-2)21(13-16)28-3/h4-5,7,9,11-13,15,19H,6,8,10,14H2,1-3H3,(H,24,26)/t15-,19+/m0/s1. The summed E-state index contributed by atoms with van der Waals surface area (Å²) in [7, 11) is 3.09. The summed E-state index contributed by atoms with van der Waals surface area (Å²) in [4.78, 5) is 24.9. The fourth-order valence-corrected chi connectivity index (χ4v) is 3.64. The highest BCUT2D eigenvalue weighted by Gasteiger charge is 2.25. The van der Waals surface area contributed by atoms with Crippen LogP contribution in [0.5, 0.6) is 11.5 Å². The first-order chi connectivity index (χ1) is 14.0. The van der Waals surface area contributed by atoms with Crippen LogP contribution in [0.1, 0.15) is 42.5 Å². The number of amides is 1. The quantitative estimate of drug-likeness (QED) is 0.725. The third-order valence-corrected chi connectivity index (χ3v) is 5.16. The van der Waals surface area contributed by atoms with E-state index in [1.807, 2.05) is 18.2 Å². The van der Waals surface area contributed by atoms with Gasteiger partial charge in [-0.15, -0.1) is 0 Å². The molecule has 154 valence electrons. The van der Waals surface area contributed by atoms with Crippen LogP contribution < -0.4 is 14.8 Å². The Morgan fingerprint density at radius 1 is 1.10 bits per heavy atom. The van der Waals surface area contributed by atoms with Gasteiger partial charge in [0.2, 0.25) is 0 Å². The maximum absolute atomic E-state index is 12.6. The molecule has 0 aromatic heterocycles. The molecule has 0 unspecified atom stereocenters. The van der Waals surface area contributed by atoms with Gasteiger partial charge in [-0.2, -0.15) is 0 Å². The number of hydrogen-bond acceptors (Lipinski definition) is 5. The van der Waals surface area contributed by atoms with Crippen LogP contribution in [0, 0.1) is 0 Å². The fourth-order valence-electron chi connectivity index (χ4n) is 3.64.